The third kappa shape index (κ3) is 3.34. The molecule has 0 saturated heterocycles. The van der Waals surface area contributed by atoms with Crippen molar-refractivity contribution in [3.05, 3.63) is 23.2 Å². The van der Waals surface area contributed by atoms with Gasteiger partial charge in [0.25, 0.3) is 0 Å². The number of sulfonamides is 1. The van der Waals surface area contributed by atoms with Crippen molar-refractivity contribution >= 4 is 37.1 Å². The Morgan fingerprint density at radius 1 is 1.19 bits per heavy atom. The van der Waals surface area contributed by atoms with Gasteiger partial charge in [0.2, 0.25) is 10.0 Å². The second kappa shape index (κ2) is 4.21. The summed E-state index contributed by atoms with van der Waals surface area (Å²) in [7, 11) is -8.20. The van der Waals surface area contributed by atoms with Gasteiger partial charge in [0.1, 0.15) is 0 Å². The highest BCUT2D eigenvalue weighted by Crippen LogP contribution is 2.23. The second-order valence-corrected chi connectivity index (χ2v) is 7.45. The zero-order valence-electron chi connectivity index (χ0n) is 7.92. The second-order valence-electron chi connectivity index (χ2n) is 3.08. The SMILES string of the molecule is Nc1cc(Cl)ccc1S(=O)(=O)CS(N)(=O)=O. The molecule has 0 aliphatic carbocycles. The molecule has 0 aliphatic heterocycles. The lowest BCUT2D eigenvalue weighted by atomic mass is 10.3. The highest BCUT2D eigenvalue weighted by molar-refractivity contribution is 8.07. The van der Waals surface area contributed by atoms with E-state index < -0.39 is 24.9 Å². The molecule has 0 saturated carbocycles. The largest absolute Gasteiger partial charge is 0.398 e. The number of hydrogen-bond acceptors (Lipinski definition) is 5. The normalized spacial score (nSPS) is 12.6. The van der Waals surface area contributed by atoms with Crippen LogP contribution >= 0.6 is 11.6 Å². The first-order valence-electron chi connectivity index (χ1n) is 3.90. The standard InChI is InChI=1S/C7H9ClN2O4S2/c8-5-1-2-7(6(9)3-5)15(11,12)4-16(10,13)14/h1-3H,4,9H2,(H2,10,13,14). The molecule has 1 aromatic rings. The Bertz CT molecular complexity index is 609. The number of benzene rings is 1. The van der Waals surface area contributed by atoms with Gasteiger partial charge in [-0.15, -0.1) is 0 Å². The van der Waals surface area contributed by atoms with Crippen LogP contribution in [0.4, 0.5) is 5.69 Å². The number of rotatable bonds is 3. The van der Waals surface area contributed by atoms with Crippen LogP contribution in [-0.4, -0.2) is 21.9 Å². The van der Waals surface area contributed by atoms with E-state index in [0.717, 1.165) is 6.07 Å². The lowest BCUT2D eigenvalue weighted by Gasteiger charge is -2.06. The van der Waals surface area contributed by atoms with Gasteiger partial charge in [0.05, 0.1) is 10.6 Å². The van der Waals surface area contributed by atoms with Crippen LogP contribution in [-0.2, 0) is 19.9 Å². The Hall–Kier alpha value is -0.830. The molecule has 0 fully saturated rings. The molecule has 0 radical (unpaired) electrons. The molecule has 0 atom stereocenters. The lowest BCUT2D eigenvalue weighted by molar-refractivity contribution is 0.590. The molecule has 0 spiro atoms. The Morgan fingerprint density at radius 2 is 1.75 bits per heavy atom. The van der Waals surface area contributed by atoms with Gasteiger partial charge in [-0.05, 0) is 18.2 Å². The fraction of sp³-hybridized carbons (Fsp3) is 0.143. The maximum atomic E-state index is 11.6. The van der Waals surface area contributed by atoms with Crippen LogP contribution in [0.5, 0.6) is 0 Å². The summed E-state index contributed by atoms with van der Waals surface area (Å²) in [6.07, 6.45) is 0. The minimum Gasteiger partial charge on any atom is -0.398 e. The summed E-state index contributed by atoms with van der Waals surface area (Å²) in [6, 6.07) is 3.66. The van der Waals surface area contributed by atoms with Gasteiger partial charge in [-0.2, -0.15) is 0 Å². The molecule has 0 aromatic heterocycles. The topological polar surface area (TPSA) is 120 Å². The van der Waals surface area contributed by atoms with Crippen molar-refractivity contribution in [3.63, 3.8) is 0 Å². The summed E-state index contributed by atoms with van der Waals surface area (Å²) < 4.78 is 44.7. The molecule has 9 heteroatoms. The molecule has 90 valence electrons. The van der Waals surface area contributed by atoms with E-state index in [1.165, 1.54) is 12.1 Å². The Morgan fingerprint density at radius 3 is 2.19 bits per heavy atom. The molecule has 16 heavy (non-hydrogen) atoms. The fourth-order valence-corrected chi connectivity index (χ4v) is 4.19. The molecule has 0 unspecified atom stereocenters. The highest BCUT2D eigenvalue weighted by atomic mass is 35.5. The molecule has 6 nitrogen and oxygen atoms in total. The van der Waals surface area contributed by atoms with Gasteiger partial charge in [-0.1, -0.05) is 11.6 Å². The molecule has 1 aromatic carbocycles. The van der Waals surface area contributed by atoms with E-state index in [-0.39, 0.29) is 15.6 Å². The third-order valence-electron chi connectivity index (χ3n) is 1.63. The minimum absolute atomic E-state index is 0.115. The van der Waals surface area contributed by atoms with Crippen molar-refractivity contribution in [2.24, 2.45) is 5.14 Å². The van der Waals surface area contributed by atoms with Gasteiger partial charge >= 0.3 is 0 Å². The average molecular weight is 285 g/mol. The first kappa shape index (κ1) is 13.2. The van der Waals surface area contributed by atoms with Crippen LogP contribution in [0.25, 0.3) is 0 Å². The number of hydrogen-bond donors (Lipinski definition) is 2. The van der Waals surface area contributed by atoms with Gasteiger partial charge in [0.15, 0.2) is 14.9 Å². The summed E-state index contributed by atoms with van der Waals surface area (Å²) in [5.41, 5.74) is 5.31. The number of anilines is 1. The van der Waals surface area contributed by atoms with Crippen LogP contribution in [0.1, 0.15) is 0 Å². The number of nitrogen functional groups attached to an aromatic ring is 1. The first-order valence-corrected chi connectivity index (χ1v) is 7.65. The predicted molar refractivity (Wildman–Crippen MR) is 61.0 cm³/mol. The zero-order valence-corrected chi connectivity index (χ0v) is 10.3. The van der Waals surface area contributed by atoms with Gasteiger partial charge in [-0.25, -0.2) is 22.0 Å². The van der Waals surface area contributed by atoms with Gasteiger partial charge in [-0.3, -0.25) is 0 Å². The third-order valence-corrected chi connectivity index (χ3v) is 5.46. The molecule has 0 heterocycles. The van der Waals surface area contributed by atoms with Gasteiger partial charge in [0, 0.05) is 5.02 Å². The van der Waals surface area contributed by atoms with E-state index in [2.05, 4.69) is 5.14 Å². The maximum absolute atomic E-state index is 11.6. The molecule has 0 aliphatic rings. The summed E-state index contributed by atoms with van der Waals surface area (Å²) in [6.45, 7) is 0. The molecular formula is C7H9ClN2O4S2. The van der Waals surface area contributed by atoms with Crippen molar-refractivity contribution < 1.29 is 16.8 Å². The Kier molecular flexibility index (Phi) is 3.48. The highest BCUT2D eigenvalue weighted by Gasteiger charge is 2.23. The van der Waals surface area contributed by atoms with Crippen molar-refractivity contribution in [1.29, 1.82) is 0 Å². The molecular weight excluding hydrogens is 276 g/mol. The Balaban J connectivity index is 3.29. The summed E-state index contributed by atoms with van der Waals surface area (Å²) >= 11 is 5.58. The number of sulfone groups is 1. The molecule has 1 rings (SSSR count). The van der Waals surface area contributed by atoms with Crippen LogP contribution in [0.3, 0.4) is 0 Å². The van der Waals surface area contributed by atoms with Gasteiger partial charge < -0.3 is 5.73 Å². The predicted octanol–water partition coefficient (Wildman–Crippen LogP) is -0.0581. The van der Waals surface area contributed by atoms with E-state index in [9.17, 15) is 16.8 Å². The summed E-state index contributed by atoms with van der Waals surface area (Å²) in [5, 5.41) is 3.73. The average Bonchev–Trinajstić information content (AvgIpc) is 1.97. The molecule has 0 bridgehead atoms. The van der Waals surface area contributed by atoms with E-state index in [0.29, 0.717) is 0 Å². The monoisotopic (exact) mass is 284 g/mol. The van der Waals surface area contributed by atoms with Crippen LogP contribution < -0.4 is 10.9 Å². The number of primary sulfonamides is 1. The maximum Gasteiger partial charge on any atom is 0.223 e. The van der Waals surface area contributed by atoms with E-state index in [1.54, 1.807) is 0 Å². The van der Waals surface area contributed by atoms with Crippen molar-refractivity contribution in [2.45, 2.75) is 4.90 Å². The first-order chi connectivity index (χ1) is 7.12. The van der Waals surface area contributed by atoms with E-state index >= 15 is 0 Å². The van der Waals surface area contributed by atoms with E-state index in [1.807, 2.05) is 0 Å². The smallest absolute Gasteiger partial charge is 0.223 e. The quantitative estimate of drug-likeness (QED) is 0.753. The molecule has 4 N–H and O–H groups in total. The van der Waals surface area contributed by atoms with Crippen molar-refractivity contribution in [2.75, 3.05) is 10.8 Å². The van der Waals surface area contributed by atoms with Crippen molar-refractivity contribution in [3.8, 4) is 0 Å². The molecule has 0 amide bonds. The lowest BCUT2D eigenvalue weighted by Crippen LogP contribution is -2.23. The summed E-state index contributed by atoms with van der Waals surface area (Å²) in [4.78, 5) is -0.300. The summed E-state index contributed by atoms with van der Waals surface area (Å²) in [5.74, 6) is 0. The number of nitrogens with two attached hydrogens (primary N) is 2. The zero-order chi connectivity index (χ0) is 12.6. The number of halogens is 1. The van der Waals surface area contributed by atoms with Crippen LogP contribution in [0, 0.1) is 0 Å². The van der Waals surface area contributed by atoms with Crippen LogP contribution in [0.2, 0.25) is 5.02 Å². The fourth-order valence-electron chi connectivity index (χ4n) is 1.08. The van der Waals surface area contributed by atoms with E-state index in [4.69, 9.17) is 17.3 Å². The van der Waals surface area contributed by atoms with Crippen LogP contribution in [0.15, 0.2) is 23.1 Å². The minimum atomic E-state index is -4.13. The Labute approximate surface area is 98.2 Å². The van der Waals surface area contributed by atoms with Crippen molar-refractivity contribution in [1.82, 2.24) is 0 Å².